The molecule has 1 spiro atoms. The molecule has 0 aliphatic carbocycles. The second-order valence-electron chi connectivity index (χ2n) is 11.1. The topological polar surface area (TPSA) is 97.4 Å². The Balaban J connectivity index is 1.21. The third-order valence-corrected chi connectivity index (χ3v) is 10.4. The molecule has 0 radical (unpaired) electrons. The van der Waals surface area contributed by atoms with E-state index in [0.717, 1.165) is 38.0 Å². The van der Waals surface area contributed by atoms with Gasteiger partial charge in [0.1, 0.15) is 41.1 Å². The summed E-state index contributed by atoms with van der Waals surface area (Å²) in [5.74, 6) is -0.451. The minimum atomic E-state index is -0.779. The molecular weight excluding hydrogens is 566 g/mol. The molecule has 3 atom stereocenters. The number of hydrogen-bond acceptors (Lipinski definition) is 8. The molecule has 3 aliphatic rings. The monoisotopic (exact) mass is 601 g/mol. The number of ether oxygens (including phenoxy) is 3. The molecule has 0 saturated carbocycles. The number of likely N-dealkylation sites (tertiary alicyclic amines) is 1. The summed E-state index contributed by atoms with van der Waals surface area (Å²) < 4.78 is 16.1. The summed E-state index contributed by atoms with van der Waals surface area (Å²) in [4.78, 5) is 44.9. The number of hydrogen-bond donors (Lipinski definition) is 1. The zero-order chi connectivity index (χ0) is 30.0. The van der Waals surface area contributed by atoms with E-state index in [1.807, 2.05) is 48.5 Å². The predicted octanol–water partition coefficient (Wildman–Crippen LogP) is 3.86. The summed E-state index contributed by atoms with van der Waals surface area (Å²) in [6.07, 6.45) is 1.44. The molecule has 2 amide bonds. The van der Waals surface area contributed by atoms with Gasteiger partial charge in [-0.1, -0.05) is 66.7 Å². The van der Waals surface area contributed by atoms with Gasteiger partial charge in [0.05, 0.1) is 19.0 Å². The second kappa shape index (κ2) is 12.3. The fourth-order valence-corrected chi connectivity index (χ4v) is 8.22. The van der Waals surface area contributed by atoms with Gasteiger partial charge in [-0.25, -0.2) is 4.79 Å². The van der Waals surface area contributed by atoms with Crippen molar-refractivity contribution in [2.24, 2.45) is 0 Å². The number of nitrogens with one attached hydrogen (secondary N) is 1. The summed E-state index contributed by atoms with van der Waals surface area (Å²) in [7, 11) is 2.96. The van der Waals surface area contributed by atoms with Crippen molar-refractivity contribution in [3.63, 3.8) is 0 Å². The van der Waals surface area contributed by atoms with Crippen LogP contribution in [0.5, 0.6) is 11.5 Å². The summed E-state index contributed by atoms with van der Waals surface area (Å²) in [6.45, 7) is 2.54. The first-order valence-electron chi connectivity index (χ1n) is 14.4. The van der Waals surface area contributed by atoms with E-state index in [1.165, 1.54) is 19.8 Å². The molecule has 43 heavy (non-hydrogen) atoms. The van der Waals surface area contributed by atoms with Gasteiger partial charge in [0.2, 0.25) is 5.91 Å². The SMILES string of the molecule is COc1cccc(OC)c1C(=O)NC1C(=O)N2C1SC1(CCN(Cc3ccccc3)CC1)C2C(=O)OCc1ccccc1. The molecule has 3 saturated heterocycles. The summed E-state index contributed by atoms with van der Waals surface area (Å²) in [6, 6.07) is 23.4. The van der Waals surface area contributed by atoms with Crippen molar-refractivity contribution < 1.29 is 28.6 Å². The molecule has 0 bridgehead atoms. The van der Waals surface area contributed by atoms with Crippen molar-refractivity contribution in [2.45, 2.75) is 48.2 Å². The number of fused-ring (bicyclic) bond motifs is 1. The van der Waals surface area contributed by atoms with Gasteiger partial charge in [-0.05, 0) is 49.2 Å². The van der Waals surface area contributed by atoms with E-state index in [0.29, 0.717) is 11.5 Å². The molecule has 6 rings (SSSR count). The lowest BCUT2D eigenvalue weighted by Gasteiger charge is -2.45. The number of carbonyl (C=O) groups excluding carboxylic acids is 3. The number of methoxy groups -OCH3 is 2. The molecule has 3 aliphatic heterocycles. The Labute approximate surface area is 255 Å². The highest BCUT2D eigenvalue weighted by Crippen LogP contribution is 2.56. The summed E-state index contributed by atoms with van der Waals surface area (Å²) >= 11 is 1.62. The Morgan fingerprint density at radius 1 is 0.884 bits per heavy atom. The van der Waals surface area contributed by atoms with Crippen LogP contribution in [0.3, 0.4) is 0 Å². The highest BCUT2D eigenvalue weighted by Gasteiger charge is 2.67. The van der Waals surface area contributed by atoms with Crippen molar-refractivity contribution in [1.82, 2.24) is 15.1 Å². The Kier molecular flexibility index (Phi) is 8.32. The normalized spacial score (nSPS) is 22.4. The van der Waals surface area contributed by atoms with Crippen LogP contribution in [0.4, 0.5) is 0 Å². The number of β-lactam (4-membered cyclic amide) rings is 1. The Morgan fingerprint density at radius 2 is 1.49 bits per heavy atom. The van der Waals surface area contributed by atoms with Crippen LogP contribution in [-0.4, -0.2) is 77.1 Å². The molecule has 3 aromatic carbocycles. The van der Waals surface area contributed by atoms with Crippen LogP contribution in [0.25, 0.3) is 0 Å². The van der Waals surface area contributed by atoms with Gasteiger partial charge >= 0.3 is 5.97 Å². The van der Waals surface area contributed by atoms with Gasteiger partial charge in [-0.2, -0.15) is 0 Å². The number of rotatable bonds is 9. The maximum atomic E-state index is 13.8. The second-order valence-corrected chi connectivity index (χ2v) is 12.6. The molecular formula is C33H35N3O6S. The Morgan fingerprint density at radius 3 is 2.09 bits per heavy atom. The average molecular weight is 602 g/mol. The van der Waals surface area contributed by atoms with Crippen molar-refractivity contribution in [3.8, 4) is 11.5 Å². The Bertz CT molecular complexity index is 1460. The van der Waals surface area contributed by atoms with Crippen LogP contribution >= 0.6 is 11.8 Å². The molecule has 3 unspecified atom stereocenters. The minimum Gasteiger partial charge on any atom is -0.496 e. The molecule has 3 aromatic rings. The molecule has 3 fully saturated rings. The number of piperidine rings is 1. The van der Waals surface area contributed by atoms with Crippen LogP contribution in [0.15, 0.2) is 78.9 Å². The number of carbonyl (C=O) groups is 3. The third kappa shape index (κ3) is 5.57. The summed E-state index contributed by atoms with van der Waals surface area (Å²) in [5.41, 5.74) is 2.35. The quantitative estimate of drug-likeness (QED) is 0.292. The molecule has 1 N–H and O–H groups in total. The summed E-state index contributed by atoms with van der Waals surface area (Å²) in [5, 5.41) is 2.53. The van der Waals surface area contributed by atoms with Crippen molar-refractivity contribution >= 4 is 29.5 Å². The van der Waals surface area contributed by atoms with Gasteiger partial charge in [0.15, 0.2) is 0 Å². The van der Waals surface area contributed by atoms with E-state index in [1.54, 1.807) is 34.9 Å². The van der Waals surface area contributed by atoms with Gasteiger partial charge in [-0.15, -0.1) is 11.8 Å². The van der Waals surface area contributed by atoms with Gasteiger partial charge in [-0.3, -0.25) is 14.5 Å². The van der Waals surface area contributed by atoms with Gasteiger partial charge < -0.3 is 24.4 Å². The molecule has 9 nitrogen and oxygen atoms in total. The number of thioether (sulfide) groups is 1. The van der Waals surface area contributed by atoms with E-state index < -0.39 is 28.7 Å². The largest absolute Gasteiger partial charge is 0.496 e. The highest BCUT2D eigenvalue weighted by molar-refractivity contribution is 8.01. The predicted molar refractivity (Wildman–Crippen MR) is 163 cm³/mol. The van der Waals surface area contributed by atoms with Crippen molar-refractivity contribution in [1.29, 1.82) is 0 Å². The van der Waals surface area contributed by atoms with Crippen LogP contribution in [0.1, 0.15) is 34.3 Å². The first-order valence-corrected chi connectivity index (χ1v) is 15.3. The van der Waals surface area contributed by atoms with E-state index in [9.17, 15) is 14.4 Å². The zero-order valence-corrected chi connectivity index (χ0v) is 25.0. The van der Waals surface area contributed by atoms with E-state index in [-0.39, 0.29) is 23.5 Å². The number of benzene rings is 3. The van der Waals surface area contributed by atoms with E-state index >= 15 is 0 Å². The Hall–Kier alpha value is -4.02. The molecule has 0 aromatic heterocycles. The van der Waals surface area contributed by atoms with E-state index in [2.05, 4.69) is 22.3 Å². The maximum Gasteiger partial charge on any atom is 0.330 e. The van der Waals surface area contributed by atoms with Crippen LogP contribution in [0, 0.1) is 0 Å². The van der Waals surface area contributed by atoms with Crippen LogP contribution < -0.4 is 14.8 Å². The third-order valence-electron chi connectivity index (χ3n) is 8.55. The van der Waals surface area contributed by atoms with Crippen LogP contribution in [-0.2, 0) is 27.5 Å². The van der Waals surface area contributed by atoms with Gasteiger partial charge in [0, 0.05) is 6.54 Å². The standard InChI is InChI=1S/C33H35N3O6S/c1-40-24-14-9-15-25(41-2)26(24)29(37)34-27-30(38)36-28(32(39)42-21-23-12-7-4-8-13-23)33(43-31(27)36)16-18-35(19-17-33)20-22-10-5-3-6-11-22/h3-15,27-28,31H,16-21H2,1-2H3,(H,34,37). The fourth-order valence-electron chi connectivity index (χ4n) is 6.32. The smallest absolute Gasteiger partial charge is 0.330 e. The lowest BCUT2D eigenvalue weighted by atomic mass is 9.85. The zero-order valence-electron chi connectivity index (χ0n) is 24.2. The lowest BCUT2D eigenvalue weighted by molar-refractivity contribution is -0.165. The lowest BCUT2D eigenvalue weighted by Crippen LogP contribution is -2.71. The van der Waals surface area contributed by atoms with E-state index in [4.69, 9.17) is 14.2 Å². The average Bonchev–Trinajstić information content (AvgIpc) is 3.34. The number of amides is 2. The first-order chi connectivity index (χ1) is 20.9. The van der Waals surface area contributed by atoms with Gasteiger partial charge in [0.25, 0.3) is 5.91 Å². The van der Waals surface area contributed by atoms with Crippen molar-refractivity contribution in [2.75, 3.05) is 27.3 Å². The molecule has 224 valence electrons. The van der Waals surface area contributed by atoms with Crippen molar-refractivity contribution in [3.05, 3.63) is 95.6 Å². The van der Waals surface area contributed by atoms with Crippen LogP contribution in [0.2, 0.25) is 0 Å². The fraction of sp³-hybridized carbons (Fsp3) is 0.364. The molecule has 10 heteroatoms. The number of esters is 1. The number of nitrogens with zero attached hydrogens (tertiary/aromatic N) is 2. The minimum absolute atomic E-state index is 0.136. The highest BCUT2D eigenvalue weighted by atomic mass is 32.2. The molecule has 3 heterocycles. The first kappa shape index (κ1) is 29.1. The maximum absolute atomic E-state index is 13.8.